The van der Waals surface area contributed by atoms with Gasteiger partial charge in [0, 0.05) is 36.6 Å². The summed E-state index contributed by atoms with van der Waals surface area (Å²) >= 11 is 0. The zero-order chi connectivity index (χ0) is 27.0. The van der Waals surface area contributed by atoms with E-state index < -0.39 is 0 Å². The second-order valence-electron chi connectivity index (χ2n) is 11.4. The summed E-state index contributed by atoms with van der Waals surface area (Å²) in [7, 11) is 1.66. The number of benzene rings is 3. The molecule has 0 aromatic heterocycles. The Balaban J connectivity index is 1.32. The molecule has 0 radical (unpaired) electrons. The zero-order valence-corrected chi connectivity index (χ0v) is 22.4. The first-order chi connectivity index (χ1) is 19.0. The van der Waals surface area contributed by atoms with Crippen LogP contribution in [0.25, 0.3) is 0 Å². The van der Waals surface area contributed by atoms with Crippen LogP contribution in [0.1, 0.15) is 66.2 Å². The number of halogens is 1. The van der Waals surface area contributed by atoms with E-state index in [4.69, 9.17) is 9.47 Å². The van der Waals surface area contributed by atoms with Crippen molar-refractivity contribution in [3.05, 3.63) is 88.7 Å². The molecule has 5 nitrogen and oxygen atoms in total. The first-order valence-electron chi connectivity index (χ1n) is 14.1. The number of fused-ring (bicyclic) bond motifs is 1. The summed E-state index contributed by atoms with van der Waals surface area (Å²) in [4.78, 5) is 13.2. The Morgan fingerprint density at radius 2 is 1.82 bits per heavy atom. The van der Waals surface area contributed by atoms with Crippen LogP contribution in [0.5, 0.6) is 11.5 Å². The molecule has 2 heterocycles. The number of carbonyl (C=O) groups is 1. The summed E-state index contributed by atoms with van der Waals surface area (Å²) < 4.78 is 28.1. The number of aromatic hydroxyl groups is 1. The molecule has 2 fully saturated rings. The molecule has 1 spiro atoms. The maximum atomic E-state index is 16.0. The molecular formula is C33H36FNO4. The molecule has 1 unspecified atom stereocenters. The van der Waals surface area contributed by atoms with Crippen molar-refractivity contribution >= 4 is 12.0 Å². The van der Waals surface area contributed by atoms with E-state index in [1.807, 2.05) is 24.3 Å². The summed E-state index contributed by atoms with van der Waals surface area (Å²) in [5.41, 5.74) is 4.63. The molecule has 3 aromatic carbocycles. The number of methoxy groups -OCH3 is 1. The van der Waals surface area contributed by atoms with Crippen molar-refractivity contribution in [2.45, 2.75) is 56.0 Å². The van der Waals surface area contributed by atoms with Gasteiger partial charge in [-0.25, -0.2) is 4.39 Å². The van der Waals surface area contributed by atoms with Crippen LogP contribution in [0.3, 0.4) is 0 Å². The number of hydrogen-bond donors (Lipinski definition) is 1. The molecule has 1 aliphatic carbocycles. The fraction of sp³-hybridized carbons (Fsp3) is 0.424. The monoisotopic (exact) mass is 529 g/mol. The first kappa shape index (κ1) is 25.9. The molecule has 2 saturated heterocycles. The maximum Gasteiger partial charge on any atom is 0.147 e. The minimum absolute atomic E-state index is 0.00324. The summed E-state index contributed by atoms with van der Waals surface area (Å²) in [5, 5.41) is 10.2. The van der Waals surface area contributed by atoms with E-state index in [0.29, 0.717) is 31.1 Å². The maximum absolute atomic E-state index is 16.0. The summed E-state index contributed by atoms with van der Waals surface area (Å²) in [6, 6.07) is 19.5. The van der Waals surface area contributed by atoms with Gasteiger partial charge in [-0.3, -0.25) is 0 Å². The molecule has 39 heavy (non-hydrogen) atoms. The number of anilines is 1. The van der Waals surface area contributed by atoms with Gasteiger partial charge < -0.3 is 24.3 Å². The Labute approximate surface area is 229 Å². The fourth-order valence-corrected chi connectivity index (χ4v) is 7.01. The minimum Gasteiger partial charge on any atom is -0.508 e. The highest BCUT2D eigenvalue weighted by Crippen LogP contribution is 2.50. The largest absolute Gasteiger partial charge is 0.508 e. The number of aryl methyl sites for hydroxylation is 1. The normalized spacial score (nSPS) is 24.3. The van der Waals surface area contributed by atoms with Crippen LogP contribution in [0.2, 0.25) is 0 Å². The van der Waals surface area contributed by atoms with E-state index in [9.17, 15) is 9.90 Å². The van der Waals surface area contributed by atoms with Gasteiger partial charge >= 0.3 is 0 Å². The third-order valence-corrected chi connectivity index (χ3v) is 9.23. The van der Waals surface area contributed by atoms with Gasteiger partial charge in [-0.05, 0) is 79.3 Å². The van der Waals surface area contributed by atoms with E-state index >= 15 is 4.39 Å². The molecule has 3 atom stereocenters. The van der Waals surface area contributed by atoms with Crippen LogP contribution in [-0.4, -0.2) is 43.8 Å². The summed E-state index contributed by atoms with van der Waals surface area (Å²) in [5.74, 6) is 0.755. The van der Waals surface area contributed by atoms with Crippen molar-refractivity contribution in [3.8, 4) is 11.5 Å². The van der Waals surface area contributed by atoms with E-state index in [1.165, 1.54) is 5.56 Å². The molecular weight excluding hydrogens is 493 g/mol. The Bertz CT molecular complexity index is 1330. The van der Waals surface area contributed by atoms with E-state index in [0.717, 1.165) is 61.5 Å². The zero-order valence-electron chi connectivity index (χ0n) is 22.4. The molecule has 6 rings (SSSR count). The standard InChI is InChI=1S/C33H36FNO4/c1-38-31-19-30(35-15-13-33(14-16-35)12-11-22(20-36)21-39-33)29(34)18-28(31)32-26(23-5-3-2-4-6-23)9-7-24-17-25(37)8-10-27(24)32/h2-6,8,10,17-20,22,26,32,37H,7,9,11-16,21H2,1H3/t22?,26-,32+/m1/s1. The summed E-state index contributed by atoms with van der Waals surface area (Å²) in [6.45, 7) is 1.89. The SMILES string of the molecule is COc1cc(N2CCC3(CCC(C=O)CO3)CC2)c(F)cc1[C@@H]1c2ccc(O)cc2CC[C@@H]1c1ccccc1. The van der Waals surface area contributed by atoms with E-state index in [2.05, 4.69) is 29.2 Å². The summed E-state index contributed by atoms with van der Waals surface area (Å²) in [6.07, 6.45) is 6.14. The van der Waals surface area contributed by atoms with Gasteiger partial charge in [-0.1, -0.05) is 36.4 Å². The second-order valence-corrected chi connectivity index (χ2v) is 11.4. The smallest absolute Gasteiger partial charge is 0.147 e. The van der Waals surface area contributed by atoms with Crippen molar-refractivity contribution in [2.24, 2.45) is 5.92 Å². The Hall–Kier alpha value is -3.38. The molecule has 3 aliphatic rings. The van der Waals surface area contributed by atoms with Gasteiger partial charge in [0.05, 0.1) is 25.0 Å². The fourth-order valence-electron chi connectivity index (χ4n) is 7.01. The number of nitrogens with zero attached hydrogens (tertiary/aromatic N) is 1. The molecule has 0 amide bonds. The Kier molecular flexibility index (Phi) is 7.06. The lowest BCUT2D eigenvalue weighted by Gasteiger charge is -2.45. The van der Waals surface area contributed by atoms with Crippen molar-refractivity contribution in [1.82, 2.24) is 0 Å². The van der Waals surface area contributed by atoms with Crippen LogP contribution in [-0.2, 0) is 16.0 Å². The van der Waals surface area contributed by atoms with Crippen molar-refractivity contribution in [2.75, 3.05) is 31.7 Å². The lowest BCUT2D eigenvalue weighted by molar-refractivity contribution is -0.132. The van der Waals surface area contributed by atoms with Gasteiger partial charge in [0.1, 0.15) is 23.6 Å². The average molecular weight is 530 g/mol. The quantitative estimate of drug-likeness (QED) is 0.390. The average Bonchev–Trinajstić information content (AvgIpc) is 2.98. The van der Waals surface area contributed by atoms with Crippen molar-refractivity contribution in [3.63, 3.8) is 0 Å². The molecule has 2 aliphatic heterocycles. The second kappa shape index (κ2) is 10.6. The number of phenolic OH excluding ortho intramolecular Hbond substituents is 1. The highest BCUT2D eigenvalue weighted by atomic mass is 19.1. The van der Waals surface area contributed by atoms with Crippen LogP contribution >= 0.6 is 0 Å². The predicted octanol–water partition coefficient (Wildman–Crippen LogP) is 6.37. The molecule has 0 saturated carbocycles. The molecule has 0 bridgehead atoms. The van der Waals surface area contributed by atoms with Crippen molar-refractivity contribution < 1.29 is 23.8 Å². The third-order valence-electron chi connectivity index (χ3n) is 9.23. The number of carbonyl (C=O) groups excluding carboxylic acids is 1. The number of hydrogen-bond acceptors (Lipinski definition) is 5. The Morgan fingerprint density at radius 3 is 2.51 bits per heavy atom. The first-order valence-corrected chi connectivity index (χ1v) is 14.1. The van der Waals surface area contributed by atoms with Crippen LogP contribution in [0.15, 0.2) is 60.7 Å². The Morgan fingerprint density at radius 1 is 1.03 bits per heavy atom. The number of phenols is 1. The van der Waals surface area contributed by atoms with Gasteiger partial charge in [0.15, 0.2) is 0 Å². The van der Waals surface area contributed by atoms with E-state index in [-0.39, 0.29) is 34.9 Å². The lowest BCUT2D eigenvalue weighted by atomic mass is 9.69. The van der Waals surface area contributed by atoms with Gasteiger partial charge in [-0.15, -0.1) is 0 Å². The van der Waals surface area contributed by atoms with Crippen molar-refractivity contribution in [1.29, 1.82) is 0 Å². The molecule has 204 valence electrons. The van der Waals surface area contributed by atoms with Crippen LogP contribution in [0.4, 0.5) is 10.1 Å². The minimum atomic E-state index is -0.245. The highest BCUT2D eigenvalue weighted by Gasteiger charge is 2.40. The number of rotatable bonds is 5. The molecule has 3 aromatic rings. The molecule has 6 heteroatoms. The third kappa shape index (κ3) is 4.91. The number of ether oxygens (including phenoxy) is 2. The predicted molar refractivity (Wildman–Crippen MR) is 149 cm³/mol. The van der Waals surface area contributed by atoms with Gasteiger partial charge in [-0.2, -0.15) is 0 Å². The molecule has 1 N–H and O–H groups in total. The number of piperidine rings is 1. The van der Waals surface area contributed by atoms with Crippen LogP contribution < -0.4 is 9.64 Å². The lowest BCUT2D eigenvalue weighted by Crippen LogP contribution is -2.49. The highest BCUT2D eigenvalue weighted by molar-refractivity contribution is 5.60. The van der Waals surface area contributed by atoms with Crippen LogP contribution in [0, 0.1) is 11.7 Å². The topological polar surface area (TPSA) is 59.0 Å². The van der Waals surface area contributed by atoms with Gasteiger partial charge in [0.2, 0.25) is 0 Å². The number of aldehydes is 1. The van der Waals surface area contributed by atoms with Gasteiger partial charge in [0.25, 0.3) is 0 Å². The van der Waals surface area contributed by atoms with E-state index in [1.54, 1.807) is 19.2 Å².